The summed E-state index contributed by atoms with van der Waals surface area (Å²) in [4.78, 5) is 25.7. The first-order valence-corrected chi connectivity index (χ1v) is 9.85. The van der Waals surface area contributed by atoms with Crippen LogP contribution in [0.25, 0.3) is 0 Å². The second-order valence-corrected chi connectivity index (χ2v) is 7.26. The molecule has 0 atom stereocenters. The number of hydrogen-bond donors (Lipinski definition) is 2. The minimum atomic E-state index is -0.876. The summed E-state index contributed by atoms with van der Waals surface area (Å²) in [6, 6.07) is 11.5. The molecule has 1 aliphatic rings. The Morgan fingerprint density at radius 1 is 1.07 bits per heavy atom. The van der Waals surface area contributed by atoms with Gasteiger partial charge in [0.2, 0.25) is 5.88 Å². The Labute approximate surface area is 174 Å². The summed E-state index contributed by atoms with van der Waals surface area (Å²) in [5, 5.41) is 12.4. The molecule has 0 bridgehead atoms. The molecule has 154 valence electrons. The van der Waals surface area contributed by atoms with Gasteiger partial charge in [0.15, 0.2) is 0 Å². The Morgan fingerprint density at radius 3 is 2.47 bits per heavy atom. The van der Waals surface area contributed by atoms with Crippen LogP contribution in [0.2, 0.25) is 0 Å². The summed E-state index contributed by atoms with van der Waals surface area (Å²) in [5.74, 6) is 2.02. The number of benzene rings is 1. The van der Waals surface area contributed by atoms with Gasteiger partial charge >= 0.3 is 6.09 Å². The van der Waals surface area contributed by atoms with Crippen LogP contribution < -0.4 is 10.1 Å². The van der Waals surface area contributed by atoms with Crippen molar-refractivity contribution in [2.75, 3.05) is 18.4 Å². The van der Waals surface area contributed by atoms with E-state index in [0.29, 0.717) is 37.6 Å². The number of ether oxygens (including phenoxy) is 1. The van der Waals surface area contributed by atoms with Gasteiger partial charge in [-0.05, 0) is 55.7 Å². The van der Waals surface area contributed by atoms with Gasteiger partial charge in [-0.3, -0.25) is 4.98 Å². The Bertz CT molecular complexity index is 1000. The number of aromatic nitrogens is 3. The van der Waals surface area contributed by atoms with Gasteiger partial charge in [-0.2, -0.15) is 0 Å². The highest BCUT2D eigenvalue weighted by Crippen LogP contribution is 2.33. The number of carboxylic acid groups (broad SMARTS) is 1. The smallest absolute Gasteiger partial charge is 0.407 e. The molecule has 0 spiro atoms. The number of piperidine rings is 1. The molecule has 3 heterocycles. The zero-order valence-corrected chi connectivity index (χ0v) is 16.7. The van der Waals surface area contributed by atoms with Gasteiger partial charge in [-0.15, -0.1) is 0 Å². The molecule has 1 saturated heterocycles. The fraction of sp³-hybridized carbons (Fsp3) is 0.273. The molecule has 0 saturated carbocycles. The molecule has 2 aromatic heterocycles. The number of carbonyl (C=O) groups is 1. The van der Waals surface area contributed by atoms with E-state index in [0.717, 1.165) is 22.8 Å². The normalized spacial score (nSPS) is 14.4. The molecule has 2 N–H and O–H groups in total. The third-order valence-corrected chi connectivity index (χ3v) is 5.10. The molecule has 3 aromatic rings. The highest BCUT2D eigenvalue weighted by molar-refractivity contribution is 5.65. The first kappa shape index (κ1) is 19.6. The average molecular weight is 405 g/mol. The maximum Gasteiger partial charge on any atom is 0.407 e. The van der Waals surface area contributed by atoms with Crippen molar-refractivity contribution in [3.63, 3.8) is 0 Å². The van der Waals surface area contributed by atoms with Crippen molar-refractivity contribution in [3.05, 3.63) is 66.2 Å². The first-order chi connectivity index (χ1) is 14.6. The maximum absolute atomic E-state index is 11.1. The highest BCUT2D eigenvalue weighted by Gasteiger charge is 2.27. The van der Waals surface area contributed by atoms with Crippen LogP contribution in [0.3, 0.4) is 0 Å². The fourth-order valence-corrected chi connectivity index (χ4v) is 3.45. The minimum Gasteiger partial charge on any atom is -0.465 e. The van der Waals surface area contributed by atoms with Crippen LogP contribution >= 0.6 is 0 Å². The molecule has 0 unspecified atom stereocenters. The number of pyridine rings is 1. The summed E-state index contributed by atoms with van der Waals surface area (Å²) in [6.45, 7) is 2.98. The Morgan fingerprint density at radius 2 is 1.80 bits per heavy atom. The Kier molecular flexibility index (Phi) is 5.74. The third-order valence-electron chi connectivity index (χ3n) is 5.10. The van der Waals surface area contributed by atoms with Crippen LogP contribution in [0.4, 0.5) is 16.3 Å². The molecule has 0 aliphatic carbocycles. The Hall–Kier alpha value is -3.68. The van der Waals surface area contributed by atoms with E-state index in [1.165, 1.54) is 4.90 Å². The second-order valence-electron chi connectivity index (χ2n) is 7.26. The van der Waals surface area contributed by atoms with E-state index in [2.05, 4.69) is 20.3 Å². The average Bonchev–Trinajstić information content (AvgIpc) is 2.77. The minimum absolute atomic E-state index is 0.123. The lowest BCUT2D eigenvalue weighted by Crippen LogP contribution is -2.37. The van der Waals surface area contributed by atoms with E-state index >= 15 is 0 Å². The van der Waals surface area contributed by atoms with Crippen molar-refractivity contribution < 1.29 is 14.6 Å². The number of likely N-dealkylation sites (tertiary alicyclic amines) is 1. The molecule has 1 fully saturated rings. The predicted octanol–water partition coefficient (Wildman–Crippen LogP) is 4.57. The molecular formula is C22H23N5O3. The van der Waals surface area contributed by atoms with E-state index in [1.807, 2.05) is 49.5 Å². The number of hydrogen-bond acceptors (Lipinski definition) is 6. The lowest BCUT2D eigenvalue weighted by Gasteiger charge is -2.29. The molecule has 8 nitrogen and oxygen atoms in total. The zero-order chi connectivity index (χ0) is 20.9. The van der Waals surface area contributed by atoms with Gasteiger partial charge in [0.1, 0.15) is 17.3 Å². The van der Waals surface area contributed by atoms with Crippen LogP contribution in [0.15, 0.2) is 55.0 Å². The summed E-state index contributed by atoms with van der Waals surface area (Å²) >= 11 is 0. The predicted molar refractivity (Wildman–Crippen MR) is 112 cm³/mol. The molecule has 30 heavy (non-hydrogen) atoms. The van der Waals surface area contributed by atoms with Crippen LogP contribution in [0.5, 0.6) is 11.6 Å². The quantitative estimate of drug-likeness (QED) is 0.641. The van der Waals surface area contributed by atoms with Crippen LogP contribution in [0.1, 0.15) is 30.0 Å². The number of amides is 1. The van der Waals surface area contributed by atoms with Crippen LogP contribution in [-0.2, 0) is 0 Å². The van der Waals surface area contributed by atoms with E-state index < -0.39 is 6.09 Å². The van der Waals surface area contributed by atoms with Crippen LogP contribution in [-0.4, -0.2) is 44.1 Å². The van der Waals surface area contributed by atoms with Crippen molar-refractivity contribution in [2.24, 2.45) is 0 Å². The monoisotopic (exact) mass is 405 g/mol. The fourth-order valence-electron chi connectivity index (χ4n) is 3.45. The van der Waals surface area contributed by atoms with E-state index in [4.69, 9.17) is 9.84 Å². The third kappa shape index (κ3) is 4.65. The number of rotatable bonds is 5. The summed E-state index contributed by atoms with van der Waals surface area (Å²) in [7, 11) is 0. The van der Waals surface area contributed by atoms with Crippen molar-refractivity contribution in [2.45, 2.75) is 25.7 Å². The van der Waals surface area contributed by atoms with E-state index in [9.17, 15) is 4.79 Å². The van der Waals surface area contributed by atoms with Gasteiger partial charge in [0, 0.05) is 43.3 Å². The topological polar surface area (TPSA) is 100 Å². The van der Waals surface area contributed by atoms with Gasteiger partial charge in [-0.1, -0.05) is 6.07 Å². The first-order valence-electron chi connectivity index (χ1n) is 9.85. The molecule has 1 aliphatic heterocycles. The summed E-state index contributed by atoms with van der Waals surface area (Å²) in [5.41, 5.74) is 2.78. The van der Waals surface area contributed by atoms with Gasteiger partial charge in [0.05, 0.1) is 0 Å². The molecule has 0 radical (unpaired) electrons. The standard InChI is InChI=1S/C22H23N5O3/c1-15-2-7-19(25-14-15)26-17-3-5-18(6-4-17)30-21-20(23-10-11-24-21)16-8-12-27(13-9-16)22(28)29/h2-7,10-11,14,16H,8-9,12-13H2,1H3,(H,25,26)(H,28,29). The van der Waals surface area contributed by atoms with Crippen molar-refractivity contribution in [1.82, 2.24) is 19.9 Å². The summed E-state index contributed by atoms with van der Waals surface area (Å²) in [6.07, 6.45) is 5.59. The number of nitrogens with one attached hydrogen (secondary N) is 1. The largest absolute Gasteiger partial charge is 0.465 e. The van der Waals surface area contributed by atoms with Gasteiger partial charge in [0.25, 0.3) is 0 Å². The number of anilines is 2. The van der Waals surface area contributed by atoms with Gasteiger partial charge in [-0.25, -0.2) is 14.8 Å². The van der Waals surface area contributed by atoms with Gasteiger partial charge < -0.3 is 20.1 Å². The molecule has 1 aromatic carbocycles. The second kappa shape index (κ2) is 8.77. The molecule has 8 heteroatoms. The van der Waals surface area contributed by atoms with E-state index in [1.54, 1.807) is 12.4 Å². The number of aryl methyl sites for hydroxylation is 1. The van der Waals surface area contributed by atoms with Crippen molar-refractivity contribution in [1.29, 1.82) is 0 Å². The molecule has 1 amide bonds. The summed E-state index contributed by atoms with van der Waals surface area (Å²) < 4.78 is 6.01. The Balaban J connectivity index is 1.43. The van der Waals surface area contributed by atoms with Crippen molar-refractivity contribution in [3.8, 4) is 11.6 Å². The van der Waals surface area contributed by atoms with Crippen molar-refractivity contribution >= 4 is 17.6 Å². The molecule has 4 rings (SSSR count). The SMILES string of the molecule is Cc1ccc(Nc2ccc(Oc3nccnc3C3CCN(C(=O)O)CC3)cc2)nc1. The van der Waals surface area contributed by atoms with E-state index in [-0.39, 0.29) is 5.92 Å². The maximum atomic E-state index is 11.1. The molecular weight excluding hydrogens is 382 g/mol. The lowest BCUT2D eigenvalue weighted by molar-refractivity contribution is 0.131. The van der Waals surface area contributed by atoms with Crippen LogP contribution in [0, 0.1) is 6.92 Å². The lowest BCUT2D eigenvalue weighted by atomic mass is 9.93. The number of nitrogens with zero attached hydrogens (tertiary/aromatic N) is 4. The highest BCUT2D eigenvalue weighted by atomic mass is 16.5. The zero-order valence-electron chi connectivity index (χ0n) is 16.7.